The average molecular weight is 304 g/mol. The predicted octanol–water partition coefficient (Wildman–Crippen LogP) is 3.08. The van der Waals surface area contributed by atoms with Gasteiger partial charge in [-0.25, -0.2) is 4.39 Å². The van der Waals surface area contributed by atoms with Crippen molar-refractivity contribution in [3.8, 4) is 0 Å². The first-order valence-corrected chi connectivity index (χ1v) is 7.58. The Hall–Kier alpha value is -2.17. The zero-order valence-electron chi connectivity index (χ0n) is 13.1. The highest BCUT2D eigenvalue weighted by Crippen LogP contribution is 2.15. The normalized spacial score (nSPS) is 11.1. The van der Waals surface area contributed by atoms with E-state index in [0.717, 1.165) is 12.8 Å². The van der Waals surface area contributed by atoms with Gasteiger partial charge in [-0.15, -0.1) is 0 Å². The van der Waals surface area contributed by atoms with Crippen molar-refractivity contribution in [2.45, 2.75) is 46.2 Å². The zero-order chi connectivity index (χ0) is 16.3. The Morgan fingerprint density at radius 2 is 2.05 bits per heavy atom. The maximum Gasteiger partial charge on any atom is 0.268 e. The summed E-state index contributed by atoms with van der Waals surface area (Å²) in [5, 5.41) is 3.69. The van der Waals surface area contributed by atoms with Gasteiger partial charge >= 0.3 is 0 Å². The van der Waals surface area contributed by atoms with Crippen LogP contribution < -0.4 is 10.9 Å². The first-order valence-electron chi connectivity index (χ1n) is 7.58. The van der Waals surface area contributed by atoms with E-state index in [1.807, 2.05) is 20.8 Å². The number of nitrogens with one attached hydrogen (secondary N) is 1. The lowest BCUT2D eigenvalue weighted by atomic mass is 10.1. The summed E-state index contributed by atoms with van der Waals surface area (Å²) in [6.07, 6.45) is 1.68. The molecule has 0 fully saturated rings. The van der Waals surface area contributed by atoms with Crippen LogP contribution in [-0.2, 0) is 6.54 Å². The van der Waals surface area contributed by atoms with Crippen molar-refractivity contribution in [3.05, 3.63) is 46.1 Å². The second kappa shape index (κ2) is 6.73. The van der Waals surface area contributed by atoms with Gasteiger partial charge in [0.1, 0.15) is 11.5 Å². The largest absolute Gasteiger partial charge is 0.349 e. The van der Waals surface area contributed by atoms with Crippen LogP contribution in [0.15, 0.2) is 29.1 Å². The topological polar surface area (TPSA) is 51.1 Å². The number of fused-ring (bicyclic) bond motifs is 1. The van der Waals surface area contributed by atoms with Crippen molar-refractivity contribution in [2.75, 3.05) is 0 Å². The van der Waals surface area contributed by atoms with Gasteiger partial charge in [0.15, 0.2) is 0 Å². The third-order valence-electron chi connectivity index (χ3n) is 3.46. The van der Waals surface area contributed by atoms with Gasteiger partial charge < -0.3 is 9.88 Å². The number of amides is 1. The van der Waals surface area contributed by atoms with E-state index in [0.29, 0.717) is 23.0 Å². The molecule has 5 heteroatoms. The molecule has 0 aliphatic rings. The second-order valence-corrected chi connectivity index (χ2v) is 5.70. The van der Waals surface area contributed by atoms with Crippen LogP contribution in [0.5, 0.6) is 0 Å². The molecule has 118 valence electrons. The van der Waals surface area contributed by atoms with E-state index in [1.54, 1.807) is 6.07 Å². The number of carbonyl (C=O) groups excluding carboxylic acids is 1. The van der Waals surface area contributed by atoms with Crippen LogP contribution in [0.1, 0.15) is 44.1 Å². The van der Waals surface area contributed by atoms with E-state index in [1.165, 1.54) is 22.8 Å². The van der Waals surface area contributed by atoms with E-state index in [2.05, 4.69) is 5.32 Å². The van der Waals surface area contributed by atoms with Gasteiger partial charge in [-0.05, 0) is 43.9 Å². The molecule has 0 unspecified atom stereocenters. The summed E-state index contributed by atoms with van der Waals surface area (Å²) in [5.41, 5.74) is 0.00520. The molecule has 0 atom stereocenters. The molecule has 2 aromatic rings. The third-order valence-corrected chi connectivity index (χ3v) is 3.46. The standard InChI is InChI=1S/C17H21FN2O2/c1-4-5-8-20-15(16(21)19-11(2)3)9-12-6-7-13(18)10-14(12)17(20)22/h6-7,9-11H,4-5,8H2,1-3H3,(H,19,21). The Kier molecular flexibility index (Phi) is 4.96. The van der Waals surface area contributed by atoms with Crippen molar-refractivity contribution in [3.63, 3.8) is 0 Å². The number of carbonyl (C=O) groups is 1. The minimum absolute atomic E-state index is 0.0221. The first-order chi connectivity index (χ1) is 10.4. The minimum atomic E-state index is -0.453. The summed E-state index contributed by atoms with van der Waals surface area (Å²) in [7, 11) is 0. The fourth-order valence-corrected chi connectivity index (χ4v) is 2.38. The highest BCUT2D eigenvalue weighted by atomic mass is 19.1. The molecule has 0 radical (unpaired) electrons. The summed E-state index contributed by atoms with van der Waals surface area (Å²) in [5.74, 6) is -0.736. The molecule has 1 amide bonds. The predicted molar refractivity (Wildman–Crippen MR) is 85.7 cm³/mol. The van der Waals surface area contributed by atoms with Crippen LogP contribution in [0.2, 0.25) is 0 Å². The summed E-state index contributed by atoms with van der Waals surface area (Å²) >= 11 is 0. The van der Waals surface area contributed by atoms with E-state index < -0.39 is 5.82 Å². The smallest absolute Gasteiger partial charge is 0.268 e. The molecule has 0 spiro atoms. The lowest BCUT2D eigenvalue weighted by molar-refractivity contribution is 0.0932. The number of hydrogen-bond donors (Lipinski definition) is 1. The van der Waals surface area contributed by atoms with Gasteiger partial charge in [-0.3, -0.25) is 9.59 Å². The van der Waals surface area contributed by atoms with Crippen LogP contribution in [0.4, 0.5) is 4.39 Å². The van der Waals surface area contributed by atoms with Gasteiger partial charge in [-0.2, -0.15) is 0 Å². The minimum Gasteiger partial charge on any atom is -0.349 e. The van der Waals surface area contributed by atoms with Gasteiger partial charge in [0.05, 0.1) is 5.39 Å². The number of rotatable bonds is 5. The lowest BCUT2D eigenvalue weighted by Gasteiger charge is -2.15. The molecule has 0 aliphatic carbocycles. The molecule has 1 heterocycles. The maximum absolute atomic E-state index is 13.4. The zero-order valence-corrected chi connectivity index (χ0v) is 13.1. The molecule has 0 saturated carbocycles. The summed E-state index contributed by atoms with van der Waals surface area (Å²) in [4.78, 5) is 25.0. The van der Waals surface area contributed by atoms with Gasteiger partial charge in [0.25, 0.3) is 11.5 Å². The molecule has 1 aromatic carbocycles. The molecule has 1 N–H and O–H groups in total. The van der Waals surface area contributed by atoms with Crippen molar-refractivity contribution in [1.29, 1.82) is 0 Å². The first kappa shape index (κ1) is 16.2. The number of halogens is 1. The molecular formula is C17H21FN2O2. The van der Waals surface area contributed by atoms with Crippen molar-refractivity contribution in [2.24, 2.45) is 0 Å². The van der Waals surface area contributed by atoms with E-state index >= 15 is 0 Å². The summed E-state index contributed by atoms with van der Waals surface area (Å²) < 4.78 is 14.9. The maximum atomic E-state index is 13.4. The Morgan fingerprint density at radius 3 is 2.68 bits per heavy atom. The van der Waals surface area contributed by atoms with Crippen LogP contribution in [0.3, 0.4) is 0 Å². The molecule has 2 rings (SSSR count). The van der Waals surface area contributed by atoms with Crippen molar-refractivity contribution < 1.29 is 9.18 Å². The third kappa shape index (κ3) is 3.35. The monoisotopic (exact) mass is 304 g/mol. The Labute approximate surface area is 129 Å². The fraction of sp³-hybridized carbons (Fsp3) is 0.412. The van der Waals surface area contributed by atoms with Gasteiger partial charge in [0, 0.05) is 12.6 Å². The molecular weight excluding hydrogens is 283 g/mol. The van der Waals surface area contributed by atoms with E-state index in [4.69, 9.17) is 0 Å². The summed E-state index contributed by atoms with van der Waals surface area (Å²) in [6.45, 7) is 6.19. The van der Waals surface area contributed by atoms with E-state index in [-0.39, 0.29) is 17.5 Å². The molecule has 0 bridgehead atoms. The van der Waals surface area contributed by atoms with Crippen LogP contribution >= 0.6 is 0 Å². The van der Waals surface area contributed by atoms with Crippen LogP contribution in [-0.4, -0.2) is 16.5 Å². The van der Waals surface area contributed by atoms with Gasteiger partial charge in [-0.1, -0.05) is 19.4 Å². The highest BCUT2D eigenvalue weighted by Gasteiger charge is 2.16. The summed E-state index contributed by atoms with van der Waals surface area (Å²) in [6, 6.07) is 5.68. The Morgan fingerprint density at radius 1 is 1.32 bits per heavy atom. The molecule has 1 aromatic heterocycles. The highest BCUT2D eigenvalue weighted by molar-refractivity contribution is 5.96. The molecule has 4 nitrogen and oxygen atoms in total. The number of pyridine rings is 1. The molecule has 22 heavy (non-hydrogen) atoms. The number of nitrogens with zero attached hydrogens (tertiary/aromatic N) is 1. The van der Waals surface area contributed by atoms with Crippen LogP contribution in [0.25, 0.3) is 10.8 Å². The fourth-order valence-electron chi connectivity index (χ4n) is 2.38. The lowest BCUT2D eigenvalue weighted by Crippen LogP contribution is -2.35. The van der Waals surface area contributed by atoms with Crippen molar-refractivity contribution >= 4 is 16.7 Å². The number of hydrogen-bond acceptors (Lipinski definition) is 2. The number of benzene rings is 1. The average Bonchev–Trinajstić information content (AvgIpc) is 2.46. The molecule has 0 aliphatic heterocycles. The van der Waals surface area contributed by atoms with Crippen molar-refractivity contribution in [1.82, 2.24) is 9.88 Å². The van der Waals surface area contributed by atoms with Gasteiger partial charge in [0.2, 0.25) is 0 Å². The number of unbranched alkanes of at least 4 members (excludes halogenated alkanes) is 1. The second-order valence-electron chi connectivity index (χ2n) is 5.70. The van der Waals surface area contributed by atoms with E-state index in [9.17, 15) is 14.0 Å². The number of aromatic nitrogens is 1. The molecule has 0 saturated heterocycles. The Bertz CT molecular complexity index is 750. The Balaban J connectivity index is 2.64. The van der Waals surface area contributed by atoms with Crippen LogP contribution in [0, 0.1) is 5.82 Å². The SMILES string of the molecule is CCCCn1c(C(=O)NC(C)C)cc2ccc(F)cc2c1=O. The quantitative estimate of drug-likeness (QED) is 0.923.